The summed E-state index contributed by atoms with van der Waals surface area (Å²) < 4.78 is 0. The molecule has 3 aromatic heterocycles. The highest BCUT2D eigenvalue weighted by Crippen LogP contribution is 2.15. The Hall–Kier alpha value is -3.61. The van der Waals surface area contributed by atoms with Gasteiger partial charge >= 0.3 is 0 Å². The number of carbonyl (C=O) groups is 2. The number of hydrogen-bond acceptors (Lipinski definition) is 5. The molecule has 7 nitrogen and oxygen atoms in total. The molecule has 130 valence electrons. The van der Waals surface area contributed by atoms with Crippen molar-refractivity contribution in [3.05, 3.63) is 78.4 Å². The van der Waals surface area contributed by atoms with E-state index in [1.54, 1.807) is 81.1 Å². The molecule has 3 rings (SSSR count). The number of rotatable bonds is 4. The van der Waals surface area contributed by atoms with Crippen molar-refractivity contribution in [3.8, 4) is 0 Å². The molecule has 2 amide bonds. The second kappa shape index (κ2) is 7.52. The zero-order valence-electron chi connectivity index (χ0n) is 14.4. The molecule has 0 N–H and O–H groups in total. The van der Waals surface area contributed by atoms with Crippen molar-refractivity contribution in [2.75, 3.05) is 23.9 Å². The van der Waals surface area contributed by atoms with Crippen molar-refractivity contribution in [1.29, 1.82) is 0 Å². The van der Waals surface area contributed by atoms with Gasteiger partial charge in [-0.3, -0.25) is 24.4 Å². The third-order valence-corrected chi connectivity index (χ3v) is 3.78. The number of amides is 2. The monoisotopic (exact) mass is 347 g/mol. The molecule has 0 saturated heterocycles. The van der Waals surface area contributed by atoms with Gasteiger partial charge in [-0.1, -0.05) is 18.2 Å². The first-order valence-electron chi connectivity index (χ1n) is 7.93. The van der Waals surface area contributed by atoms with Crippen LogP contribution in [-0.4, -0.2) is 40.9 Å². The Labute approximate surface area is 151 Å². The molecule has 7 heteroatoms. The van der Waals surface area contributed by atoms with Crippen LogP contribution in [0.5, 0.6) is 0 Å². The predicted molar refractivity (Wildman–Crippen MR) is 98.2 cm³/mol. The Morgan fingerprint density at radius 3 is 1.92 bits per heavy atom. The van der Waals surface area contributed by atoms with Crippen molar-refractivity contribution >= 4 is 23.5 Å². The SMILES string of the molecule is CN(C(=O)c1cccc(N(C)C(=O)c2ccccn2)n1)c1ccccn1. The number of nitrogens with zero attached hydrogens (tertiary/aromatic N) is 5. The van der Waals surface area contributed by atoms with Gasteiger partial charge in [0.1, 0.15) is 23.0 Å². The van der Waals surface area contributed by atoms with Crippen molar-refractivity contribution in [2.24, 2.45) is 0 Å². The number of anilines is 2. The van der Waals surface area contributed by atoms with Gasteiger partial charge in [0, 0.05) is 26.5 Å². The Morgan fingerprint density at radius 2 is 1.27 bits per heavy atom. The van der Waals surface area contributed by atoms with Gasteiger partial charge in [-0.25, -0.2) is 9.97 Å². The quantitative estimate of drug-likeness (QED) is 0.724. The standard InChI is InChI=1S/C19H17N5O2/c1-23(16-10-4-6-13-21-16)19(26)15-9-7-11-17(22-15)24(2)18(25)14-8-3-5-12-20-14/h3-13H,1-2H3. The van der Waals surface area contributed by atoms with Gasteiger partial charge in [-0.15, -0.1) is 0 Å². The second-order valence-electron chi connectivity index (χ2n) is 5.51. The van der Waals surface area contributed by atoms with Crippen LogP contribution in [0.2, 0.25) is 0 Å². The maximum absolute atomic E-state index is 12.7. The van der Waals surface area contributed by atoms with Crippen LogP contribution in [0, 0.1) is 0 Å². The summed E-state index contributed by atoms with van der Waals surface area (Å²) >= 11 is 0. The normalized spacial score (nSPS) is 10.2. The molecule has 0 saturated carbocycles. The molecule has 0 bridgehead atoms. The van der Waals surface area contributed by atoms with E-state index in [1.165, 1.54) is 9.80 Å². The lowest BCUT2D eigenvalue weighted by molar-refractivity contribution is 0.0975. The first-order valence-corrected chi connectivity index (χ1v) is 7.93. The Balaban J connectivity index is 1.84. The molecule has 0 unspecified atom stereocenters. The summed E-state index contributed by atoms with van der Waals surface area (Å²) in [4.78, 5) is 40.5. The summed E-state index contributed by atoms with van der Waals surface area (Å²) in [5.74, 6) is 0.258. The summed E-state index contributed by atoms with van der Waals surface area (Å²) in [5, 5.41) is 0. The summed E-state index contributed by atoms with van der Waals surface area (Å²) in [6.07, 6.45) is 3.17. The van der Waals surface area contributed by atoms with Crippen molar-refractivity contribution in [3.63, 3.8) is 0 Å². The van der Waals surface area contributed by atoms with Crippen molar-refractivity contribution in [2.45, 2.75) is 0 Å². The largest absolute Gasteiger partial charge is 0.294 e. The molecule has 0 atom stereocenters. The van der Waals surface area contributed by atoms with Gasteiger partial charge in [0.25, 0.3) is 11.8 Å². The minimum atomic E-state index is -0.316. The van der Waals surface area contributed by atoms with Crippen LogP contribution in [0.1, 0.15) is 21.0 Å². The highest BCUT2D eigenvalue weighted by atomic mass is 16.2. The van der Waals surface area contributed by atoms with Gasteiger partial charge in [0.05, 0.1) is 0 Å². The molecule has 0 aromatic carbocycles. The molecular formula is C19H17N5O2. The van der Waals surface area contributed by atoms with Gasteiger partial charge in [-0.05, 0) is 36.4 Å². The van der Waals surface area contributed by atoms with Crippen LogP contribution >= 0.6 is 0 Å². The summed E-state index contributed by atoms with van der Waals surface area (Å²) in [6.45, 7) is 0. The minimum Gasteiger partial charge on any atom is -0.294 e. The molecule has 3 aromatic rings. The first kappa shape index (κ1) is 17.2. The fraction of sp³-hybridized carbons (Fsp3) is 0.105. The third-order valence-electron chi connectivity index (χ3n) is 3.78. The van der Waals surface area contributed by atoms with Crippen molar-refractivity contribution < 1.29 is 9.59 Å². The van der Waals surface area contributed by atoms with E-state index < -0.39 is 0 Å². The van der Waals surface area contributed by atoms with Crippen LogP contribution < -0.4 is 9.80 Å². The Morgan fingerprint density at radius 1 is 0.692 bits per heavy atom. The maximum atomic E-state index is 12.7. The van der Waals surface area contributed by atoms with E-state index in [-0.39, 0.29) is 17.5 Å². The van der Waals surface area contributed by atoms with Gasteiger partial charge in [0.2, 0.25) is 0 Å². The van der Waals surface area contributed by atoms with E-state index >= 15 is 0 Å². The van der Waals surface area contributed by atoms with E-state index in [2.05, 4.69) is 15.0 Å². The first-order chi connectivity index (χ1) is 12.6. The van der Waals surface area contributed by atoms with E-state index in [9.17, 15) is 9.59 Å². The lowest BCUT2D eigenvalue weighted by atomic mass is 10.3. The molecule has 3 heterocycles. The molecule has 0 aliphatic carbocycles. The highest BCUT2D eigenvalue weighted by molar-refractivity contribution is 6.06. The predicted octanol–water partition coefficient (Wildman–Crippen LogP) is 2.42. The van der Waals surface area contributed by atoms with Gasteiger partial charge < -0.3 is 0 Å². The number of carbonyl (C=O) groups excluding carboxylic acids is 2. The molecule has 0 aliphatic rings. The Kier molecular flexibility index (Phi) is 4.98. The smallest absolute Gasteiger partial charge is 0.277 e. The average molecular weight is 347 g/mol. The van der Waals surface area contributed by atoms with E-state index in [0.29, 0.717) is 17.3 Å². The number of pyridine rings is 3. The second-order valence-corrected chi connectivity index (χ2v) is 5.51. The lowest BCUT2D eigenvalue weighted by Gasteiger charge is -2.18. The fourth-order valence-corrected chi connectivity index (χ4v) is 2.32. The summed E-state index contributed by atoms with van der Waals surface area (Å²) in [7, 11) is 3.22. The molecule has 0 spiro atoms. The minimum absolute atomic E-state index is 0.219. The lowest BCUT2D eigenvalue weighted by Crippen LogP contribution is -2.30. The molecule has 26 heavy (non-hydrogen) atoms. The molecule has 0 aliphatic heterocycles. The molecule has 0 radical (unpaired) electrons. The van der Waals surface area contributed by atoms with E-state index in [1.807, 2.05) is 0 Å². The molecular weight excluding hydrogens is 330 g/mol. The van der Waals surface area contributed by atoms with Crippen LogP contribution in [0.4, 0.5) is 11.6 Å². The zero-order valence-corrected chi connectivity index (χ0v) is 14.4. The fourth-order valence-electron chi connectivity index (χ4n) is 2.32. The third kappa shape index (κ3) is 3.56. The van der Waals surface area contributed by atoms with Crippen molar-refractivity contribution in [1.82, 2.24) is 15.0 Å². The summed E-state index contributed by atoms with van der Waals surface area (Å²) in [6, 6.07) is 15.4. The van der Waals surface area contributed by atoms with Gasteiger partial charge in [0.15, 0.2) is 0 Å². The maximum Gasteiger partial charge on any atom is 0.277 e. The Bertz CT molecular complexity index is 915. The van der Waals surface area contributed by atoms with Gasteiger partial charge in [-0.2, -0.15) is 0 Å². The number of aromatic nitrogens is 3. The van der Waals surface area contributed by atoms with Crippen LogP contribution in [0.15, 0.2) is 67.0 Å². The average Bonchev–Trinajstić information content (AvgIpc) is 2.73. The molecule has 0 fully saturated rings. The number of hydrogen-bond donors (Lipinski definition) is 0. The zero-order chi connectivity index (χ0) is 18.5. The van der Waals surface area contributed by atoms with E-state index in [4.69, 9.17) is 0 Å². The summed E-state index contributed by atoms with van der Waals surface area (Å²) in [5.41, 5.74) is 0.524. The topological polar surface area (TPSA) is 79.3 Å². The highest BCUT2D eigenvalue weighted by Gasteiger charge is 2.19. The van der Waals surface area contributed by atoms with Crippen LogP contribution in [0.25, 0.3) is 0 Å². The van der Waals surface area contributed by atoms with Crippen LogP contribution in [0.3, 0.4) is 0 Å². The van der Waals surface area contributed by atoms with Crippen LogP contribution in [-0.2, 0) is 0 Å². The van der Waals surface area contributed by atoms with E-state index in [0.717, 1.165) is 0 Å².